The fourth-order valence-corrected chi connectivity index (χ4v) is 2.35. The van der Waals surface area contributed by atoms with Crippen LogP contribution in [-0.4, -0.2) is 43.7 Å². The van der Waals surface area contributed by atoms with Crippen LogP contribution in [0.2, 0.25) is 0 Å². The van der Waals surface area contributed by atoms with Crippen LogP contribution in [0.5, 0.6) is 0 Å². The molecule has 0 saturated carbocycles. The number of carboxylic acid groups (broad SMARTS) is 1. The third-order valence-electron chi connectivity index (χ3n) is 2.27. The first-order chi connectivity index (χ1) is 8.86. The average molecular weight is 288 g/mol. The molecule has 0 bridgehead atoms. The summed E-state index contributed by atoms with van der Waals surface area (Å²) in [6.07, 6.45) is 0.751. The predicted molar refractivity (Wildman–Crippen MR) is 67.5 cm³/mol. The first kappa shape index (κ1) is 15.5. The molecule has 1 atom stereocenters. The minimum atomic E-state index is -3.75. The van der Waals surface area contributed by atoms with Crippen molar-refractivity contribution >= 4 is 16.0 Å². The molecule has 7 nitrogen and oxygen atoms in total. The monoisotopic (exact) mass is 288 g/mol. The molecule has 8 heteroatoms. The maximum atomic E-state index is 11.8. The SMILES string of the molecule is CCOC(C)CNS(=O)(=O)c1ccc(C(=O)O)cn1. The number of carboxylic acids is 1. The van der Waals surface area contributed by atoms with Crippen LogP contribution < -0.4 is 4.72 Å². The van der Waals surface area contributed by atoms with Crippen molar-refractivity contribution in [2.75, 3.05) is 13.2 Å². The number of nitrogens with one attached hydrogen (secondary N) is 1. The molecule has 0 amide bonds. The molecule has 0 radical (unpaired) electrons. The fraction of sp³-hybridized carbons (Fsp3) is 0.455. The number of aromatic nitrogens is 1. The number of pyridine rings is 1. The molecule has 19 heavy (non-hydrogen) atoms. The Hall–Kier alpha value is -1.51. The van der Waals surface area contributed by atoms with E-state index < -0.39 is 16.0 Å². The van der Waals surface area contributed by atoms with Gasteiger partial charge in [-0.05, 0) is 26.0 Å². The van der Waals surface area contributed by atoms with Gasteiger partial charge >= 0.3 is 5.97 Å². The molecule has 1 unspecified atom stereocenters. The van der Waals surface area contributed by atoms with Gasteiger partial charge in [0, 0.05) is 19.3 Å². The topological polar surface area (TPSA) is 106 Å². The van der Waals surface area contributed by atoms with E-state index in [2.05, 4.69) is 9.71 Å². The van der Waals surface area contributed by atoms with Gasteiger partial charge in [0.2, 0.25) is 0 Å². The van der Waals surface area contributed by atoms with Crippen molar-refractivity contribution in [3.63, 3.8) is 0 Å². The summed E-state index contributed by atoms with van der Waals surface area (Å²) >= 11 is 0. The molecule has 0 aliphatic carbocycles. The summed E-state index contributed by atoms with van der Waals surface area (Å²) < 4.78 is 31.2. The van der Waals surface area contributed by atoms with Crippen LogP contribution in [0.15, 0.2) is 23.4 Å². The van der Waals surface area contributed by atoms with Gasteiger partial charge in [-0.3, -0.25) is 0 Å². The standard InChI is InChI=1S/C11H16N2O5S/c1-3-18-8(2)6-13-19(16,17)10-5-4-9(7-12-10)11(14)15/h4-5,7-8,13H,3,6H2,1-2H3,(H,14,15). The van der Waals surface area contributed by atoms with Gasteiger partial charge in [0.05, 0.1) is 11.7 Å². The molecule has 106 valence electrons. The summed E-state index contributed by atoms with van der Waals surface area (Å²) in [6.45, 7) is 4.18. The number of ether oxygens (including phenoxy) is 1. The molecule has 0 saturated heterocycles. The fourth-order valence-electron chi connectivity index (χ4n) is 1.31. The van der Waals surface area contributed by atoms with Crippen molar-refractivity contribution in [3.8, 4) is 0 Å². The minimum Gasteiger partial charge on any atom is -0.478 e. The predicted octanol–water partition coefficient (Wildman–Crippen LogP) is 0.483. The van der Waals surface area contributed by atoms with Gasteiger partial charge in [-0.2, -0.15) is 0 Å². The minimum absolute atomic E-state index is 0.0679. The number of sulfonamides is 1. The molecular formula is C11H16N2O5S. The zero-order valence-corrected chi connectivity index (χ0v) is 11.5. The Morgan fingerprint density at radius 2 is 2.21 bits per heavy atom. The molecule has 1 aromatic heterocycles. The highest BCUT2D eigenvalue weighted by Gasteiger charge is 2.17. The van der Waals surface area contributed by atoms with Gasteiger partial charge in [0.25, 0.3) is 10.0 Å². The summed E-state index contributed by atoms with van der Waals surface area (Å²) in [5.74, 6) is -1.16. The average Bonchev–Trinajstić information content (AvgIpc) is 2.37. The van der Waals surface area contributed by atoms with E-state index in [1.54, 1.807) is 6.92 Å². The molecule has 2 N–H and O–H groups in total. The van der Waals surface area contributed by atoms with Crippen molar-refractivity contribution in [3.05, 3.63) is 23.9 Å². The van der Waals surface area contributed by atoms with E-state index in [0.717, 1.165) is 12.3 Å². The second-order valence-corrected chi connectivity index (χ2v) is 5.52. The highest BCUT2D eigenvalue weighted by atomic mass is 32.2. The number of carbonyl (C=O) groups is 1. The lowest BCUT2D eigenvalue weighted by atomic mass is 10.3. The summed E-state index contributed by atoms with van der Waals surface area (Å²) in [5.41, 5.74) is -0.0679. The van der Waals surface area contributed by atoms with E-state index >= 15 is 0 Å². The van der Waals surface area contributed by atoms with Gasteiger partial charge in [0.1, 0.15) is 0 Å². The van der Waals surface area contributed by atoms with Crippen molar-refractivity contribution in [2.24, 2.45) is 0 Å². The number of hydrogen-bond acceptors (Lipinski definition) is 5. The summed E-state index contributed by atoms with van der Waals surface area (Å²) in [4.78, 5) is 14.3. The molecule has 1 rings (SSSR count). The lowest BCUT2D eigenvalue weighted by Gasteiger charge is -2.12. The van der Waals surface area contributed by atoms with E-state index in [4.69, 9.17) is 9.84 Å². The molecule has 0 aromatic carbocycles. The Morgan fingerprint density at radius 1 is 1.53 bits per heavy atom. The summed E-state index contributed by atoms with van der Waals surface area (Å²) in [5, 5.41) is 8.47. The molecule has 0 fully saturated rings. The molecule has 1 heterocycles. The Labute approximate surface area is 111 Å². The van der Waals surface area contributed by atoms with E-state index in [-0.39, 0.29) is 23.2 Å². The van der Waals surface area contributed by atoms with Crippen molar-refractivity contribution in [1.29, 1.82) is 0 Å². The number of hydrogen-bond donors (Lipinski definition) is 2. The molecule has 1 aromatic rings. The van der Waals surface area contributed by atoms with E-state index in [0.29, 0.717) is 6.61 Å². The largest absolute Gasteiger partial charge is 0.478 e. The first-order valence-corrected chi connectivity index (χ1v) is 7.15. The lowest BCUT2D eigenvalue weighted by molar-refractivity contribution is 0.0696. The first-order valence-electron chi connectivity index (χ1n) is 5.67. The van der Waals surface area contributed by atoms with Gasteiger partial charge in [-0.1, -0.05) is 0 Å². The summed E-state index contributed by atoms with van der Waals surface area (Å²) in [7, 11) is -3.75. The van der Waals surface area contributed by atoms with Gasteiger partial charge in [-0.15, -0.1) is 0 Å². The van der Waals surface area contributed by atoms with E-state index in [1.807, 2.05) is 6.92 Å². The third-order valence-corrected chi connectivity index (χ3v) is 3.61. The smallest absolute Gasteiger partial charge is 0.337 e. The maximum Gasteiger partial charge on any atom is 0.337 e. The quantitative estimate of drug-likeness (QED) is 0.756. The van der Waals surface area contributed by atoms with Gasteiger partial charge in [0.15, 0.2) is 5.03 Å². The Kier molecular flexibility index (Phi) is 5.40. The molecule has 0 aliphatic rings. The molecular weight excluding hydrogens is 272 g/mol. The van der Waals surface area contributed by atoms with Crippen molar-refractivity contribution in [2.45, 2.75) is 25.0 Å². The zero-order chi connectivity index (χ0) is 14.5. The van der Waals surface area contributed by atoms with E-state index in [1.165, 1.54) is 6.07 Å². The van der Waals surface area contributed by atoms with Crippen LogP contribution in [-0.2, 0) is 14.8 Å². The number of nitrogens with zero attached hydrogens (tertiary/aromatic N) is 1. The summed E-state index contributed by atoms with van der Waals surface area (Å²) in [6, 6.07) is 2.34. The molecule has 0 aliphatic heterocycles. The van der Waals surface area contributed by atoms with Crippen LogP contribution in [0.25, 0.3) is 0 Å². The van der Waals surface area contributed by atoms with Crippen LogP contribution in [0.4, 0.5) is 0 Å². The van der Waals surface area contributed by atoms with Gasteiger partial charge in [-0.25, -0.2) is 22.9 Å². The Balaban J connectivity index is 2.74. The van der Waals surface area contributed by atoms with Crippen LogP contribution >= 0.6 is 0 Å². The van der Waals surface area contributed by atoms with Crippen LogP contribution in [0.1, 0.15) is 24.2 Å². The third kappa shape index (κ3) is 4.58. The van der Waals surface area contributed by atoms with Crippen molar-refractivity contribution in [1.82, 2.24) is 9.71 Å². The Bertz CT molecular complexity index is 527. The van der Waals surface area contributed by atoms with Crippen LogP contribution in [0.3, 0.4) is 0 Å². The maximum absolute atomic E-state index is 11.8. The number of rotatable bonds is 7. The van der Waals surface area contributed by atoms with Crippen LogP contribution in [0, 0.1) is 0 Å². The highest BCUT2D eigenvalue weighted by molar-refractivity contribution is 7.89. The highest BCUT2D eigenvalue weighted by Crippen LogP contribution is 2.06. The second-order valence-electron chi connectivity index (χ2n) is 3.81. The normalized spacial score (nSPS) is 13.2. The van der Waals surface area contributed by atoms with Crippen molar-refractivity contribution < 1.29 is 23.1 Å². The number of aromatic carboxylic acids is 1. The lowest BCUT2D eigenvalue weighted by Crippen LogP contribution is -2.32. The van der Waals surface area contributed by atoms with E-state index in [9.17, 15) is 13.2 Å². The molecule has 0 spiro atoms. The van der Waals surface area contributed by atoms with Gasteiger partial charge < -0.3 is 9.84 Å². The second kappa shape index (κ2) is 6.60. The Morgan fingerprint density at radius 3 is 2.68 bits per heavy atom. The zero-order valence-electron chi connectivity index (χ0n) is 10.7.